The molecule has 2 aromatic rings. The van der Waals surface area contributed by atoms with Gasteiger partial charge in [0.15, 0.2) is 0 Å². The van der Waals surface area contributed by atoms with Gasteiger partial charge < -0.3 is 10.2 Å². The largest absolute Gasteiger partial charge is 0.332 e. The van der Waals surface area contributed by atoms with E-state index in [9.17, 15) is 4.79 Å². The molecule has 5 nitrogen and oxygen atoms in total. The Balaban J connectivity index is 1.26. The molecule has 26 heavy (non-hydrogen) atoms. The van der Waals surface area contributed by atoms with E-state index in [-0.39, 0.29) is 6.03 Å². The highest BCUT2D eigenvalue weighted by Gasteiger charge is 2.28. The molecular formula is C21H26N4O. The summed E-state index contributed by atoms with van der Waals surface area (Å²) in [7, 11) is 0. The van der Waals surface area contributed by atoms with Crippen LogP contribution in [0.2, 0.25) is 0 Å². The topological polar surface area (TPSA) is 48.5 Å². The molecular weight excluding hydrogens is 324 g/mol. The average molecular weight is 350 g/mol. The van der Waals surface area contributed by atoms with Crippen molar-refractivity contribution >= 4 is 6.03 Å². The third-order valence-corrected chi connectivity index (χ3v) is 5.59. The zero-order valence-corrected chi connectivity index (χ0v) is 15.1. The van der Waals surface area contributed by atoms with E-state index in [4.69, 9.17) is 0 Å². The number of fused-ring (bicyclic) bond motifs is 1. The molecule has 1 fully saturated rings. The van der Waals surface area contributed by atoms with Crippen LogP contribution in [0.25, 0.3) is 0 Å². The molecule has 5 heteroatoms. The highest BCUT2D eigenvalue weighted by molar-refractivity contribution is 5.74. The minimum atomic E-state index is 0.0179. The summed E-state index contributed by atoms with van der Waals surface area (Å²) in [6.45, 7) is 4.01. The first-order valence-electron chi connectivity index (χ1n) is 9.53. The average Bonchev–Trinajstić information content (AvgIpc) is 2.72. The zero-order chi connectivity index (χ0) is 17.8. The van der Waals surface area contributed by atoms with Crippen molar-refractivity contribution in [2.75, 3.05) is 26.2 Å². The van der Waals surface area contributed by atoms with Crippen molar-refractivity contribution in [3.05, 3.63) is 65.5 Å². The van der Waals surface area contributed by atoms with Gasteiger partial charge in [0.25, 0.3) is 0 Å². The molecule has 0 radical (unpaired) electrons. The summed E-state index contributed by atoms with van der Waals surface area (Å²) < 4.78 is 0. The number of urea groups is 1. The number of carbonyl (C=O) groups excluding carboxylic acids is 1. The van der Waals surface area contributed by atoms with Gasteiger partial charge in [0, 0.05) is 38.4 Å². The third kappa shape index (κ3) is 3.88. The minimum absolute atomic E-state index is 0.0179. The molecule has 136 valence electrons. The van der Waals surface area contributed by atoms with Gasteiger partial charge in [-0.25, -0.2) is 4.79 Å². The van der Waals surface area contributed by atoms with Crippen LogP contribution in [0.1, 0.15) is 23.2 Å². The number of carbonyl (C=O) groups is 1. The van der Waals surface area contributed by atoms with Crippen LogP contribution in [0.5, 0.6) is 0 Å². The number of aryl methyl sites for hydroxylation is 1. The molecule has 2 aliphatic rings. The van der Waals surface area contributed by atoms with E-state index in [1.165, 1.54) is 24.0 Å². The second-order valence-corrected chi connectivity index (χ2v) is 7.17. The van der Waals surface area contributed by atoms with Gasteiger partial charge in [-0.05, 0) is 42.5 Å². The Hall–Kier alpha value is -2.40. The predicted molar refractivity (Wildman–Crippen MR) is 102 cm³/mol. The summed E-state index contributed by atoms with van der Waals surface area (Å²) in [5, 5.41) is 2.98. The molecule has 4 rings (SSSR count). The second kappa shape index (κ2) is 7.87. The Morgan fingerprint density at radius 2 is 1.81 bits per heavy atom. The van der Waals surface area contributed by atoms with E-state index in [1.807, 2.05) is 23.1 Å². The Bertz CT molecular complexity index is 741. The summed E-state index contributed by atoms with van der Waals surface area (Å²) in [6, 6.07) is 15.2. The zero-order valence-electron chi connectivity index (χ0n) is 15.1. The molecule has 0 bridgehead atoms. The molecule has 1 N–H and O–H groups in total. The molecule has 1 aromatic carbocycles. The van der Waals surface area contributed by atoms with Gasteiger partial charge in [-0.3, -0.25) is 9.88 Å². The highest BCUT2D eigenvalue weighted by atomic mass is 16.2. The Kier molecular flexibility index (Phi) is 5.16. The minimum Gasteiger partial charge on any atom is -0.332 e. The maximum Gasteiger partial charge on any atom is 0.317 e. The van der Waals surface area contributed by atoms with E-state index in [0.29, 0.717) is 12.6 Å². The summed E-state index contributed by atoms with van der Waals surface area (Å²) in [5.74, 6) is 0. The van der Waals surface area contributed by atoms with E-state index in [2.05, 4.69) is 39.5 Å². The van der Waals surface area contributed by atoms with Crippen molar-refractivity contribution in [1.82, 2.24) is 20.1 Å². The van der Waals surface area contributed by atoms with Gasteiger partial charge in [-0.2, -0.15) is 0 Å². The van der Waals surface area contributed by atoms with Crippen LogP contribution in [-0.2, 0) is 19.4 Å². The lowest BCUT2D eigenvalue weighted by atomic mass is 9.87. The van der Waals surface area contributed by atoms with Crippen LogP contribution < -0.4 is 5.32 Å². The molecule has 1 aliphatic heterocycles. The number of aromatic nitrogens is 1. The third-order valence-electron chi connectivity index (χ3n) is 5.59. The first kappa shape index (κ1) is 17.0. The van der Waals surface area contributed by atoms with Gasteiger partial charge in [0.2, 0.25) is 0 Å². The van der Waals surface area contributed by atoms with Crippen LogP contribution in [0.4, 0.5) is 4.79 Å². The van der Waals surface area contributed by atoms with Gasteiger partial charge in [-0.1, -0.05) is 30.3 Å². The smallest absolute Gasteiger partial charge is 0.317 e. The van der Waals surface area contributed by atoms with Crippen LogP contribution in [-0.4, -0.2) is 53.0 Å². The van der Waals surface area contributed by atoms with Crippen molar-refractivity contribution in [2.24, 2.45) is 0 Å². The van der Waals surface area contributed by atoms with Crippen molar-refractivity contribution in [3.63, 3.8) is 0 Å². The summed E-state index contributed by atoms with van der Waals surface area (Å²) in [5.41, 5.74) is 3.90. The molecule has 0 spiro atoms. The van der Waals surface area contributed by atoms with Gasteiger partial charge in [0.1, 0.15) is 0 Å². The van der Waals surface area contributed by atoms with Crippen LogP contribution in [0.3, 0.4) is 0 Å². The van der Waals surface area contributed by atoms with E-state index in [1.54, 1.807) is 6.20 Å². The van der Waals surface area contributed by atoms with Gasteiger partial charge >= 0.3 is 6.03 Å². The number of nitrogens with zero attached hydrogens (tertiary/aromatic N) is 3. The maximum absolute atomic E-state index is 12.4. The maximum atomic E-state index is 12.4. The number of rotatable bonds is 3. The number of amides is 2. The molecule has 1 aliphatic carbocycles. The lowest BCUT2D eigenvalue weighted by Gasteiger charge is -2.41. The monoisotopic (exact) mass is 350 g/mol. The number of piperazine rings is 1. The normalized spacial score (nSPS) is 20.5. The lowest BCUT2D eigenvalue weighted by molar-refractivity contribution is 0.101. The molecule has 0 saturated carbocycles. The summed E-state index contributed by atoms with van der Waals surface area (Å²) in [6.07, 6.45) is 5.29. The molecule has 1 unspecified atom stereocenters. The first-order chi connectivity index (χ1) is 12.8. The Morgan fingerprint density at radius 3 is 2.58 bits per heavy atom. The number of benzene rings is 1. The molecule has 1 atom stereocenters. The fourth-order valence-electron chi connectivity index (χ4n) is 4.06. The number of pyridine rings is 1. The fourth-order valence-corrected chi connectivity index (χ4v) is 4.06. The predicted octanol–water partition coefficient (Wildman–Crippen LogP) is 2.47. The number of nitrogens with one attached hydrogen (secondary N) is 1. The molecule has 1 saturated heterocycles. The standard InChI is InChI=1S/C21H26N4O/c26-21(23-16-19-7-3-4-10-22-19)25-13-11-24(12-14-25)20-9-8-17-5-1-2-6-18(17)15-20/h1-7,10,20H,8-9,11-16H2,(H,23,26). The van der Waals surface area contributed by atoms with E-state index in [0.717, 1.165) is 38.3 Å². The van der Waals surface area contributed by atoms with Crippen LogP contribution >= 0.6 is 0 Å². The molecule has 2 amide bonds. The van der Waals surface area contributed by atoms with Crippen molar-refractivity contribution in [2.45, 2.75) is 31.8 Å². The highest BCUT2D eigenvalue weighted by Crippen LogP contribution is 2.25. The number of hydrogen-bond donors (Lipinski definition) is 1. The van der Waals surface area contributed by atoms with Crippen molar-refractivity contribution in [3.8, 4) is 0 Å². The van der Waals surface area contributed by atoms with Gasteiger partial charge in [-0.15, -0.1) is 0 Å². The summed E-state index contributed by atoms with van der Waals surface area (Å²) >= 11 is 0. The SMILES string of the molecule is O=C(NCc1ccccn1)N1CCN(C2CCc3ccccc3C2)CC1. The summed E-state index contributed by atoms with van der Waals surface area (Å²) in [4.78, 5) is 21.1. The molecule has 2 heterocycles. The second-order valence-electron chi connectivity index (χ2n) is 7.17. The quantitative estimate of drug-likeness (QED) is 0.925. The van der Waals surface area contributed by atoms with Crippen molar-refractivity contribution in [1.29, 1.82) is 0 Å². The number of hydrogen-bond acceptors (Lipinski definition) is 3. The van der Waals surface area contributed by atoms with Crippen LogP contribution in [0, 0.1) is 0 Å². The van der Waals surface area contributed by atoms with Gasteiger partial charge in [0.05, 0.1) is 12.2 Å². The Labute approximate surface area is 155 Å². The molecule has 1 aromatic heterocycles. The van der Waals surface area contributed by atoms with E-state index >= 15 is 0 Å². The lowest BCUT2D eigenvalue weighted by Crippen LogP contribution is -2.55. The van der Waals surface area contributed by atoms with E-state index < -0.39 is 0 Å². The van der Waals surface area contributed by atoms with Crippen molar-refractivity contribution < 1.29 is 4.79 Å². The first-order valence-corrected chi connectivity index (χ1v) is 9.53. The van der Waals surface area contributed by atoms with Crippen LogP contribution in [0.15, 0.2) is 48.7 Å². The Morgan fingerprint density at radius 1 is 1.04 bits per heavy atom. The fraction of sp³-hybridized carbons (Fsp3) is 0.429.